The number of thiophene rings is 2. The zero-order chi connectivity index (χ0) is 30.2. The summed E-state index contributed by atoms with van der Waals surface area (Å²) in [5.41, 5.74) is 5.90. The van der Waals surface area contributed by atoms with E-state index in [9.17, 15) is 32.3 Å². The van der Waals surface area contributed by atoms with Crippen molar-refractivity contribution in [2.45, 2.75) is 18.6 Å². The molecule has 0 aliphatic rings. The summed E-state index contributed by atoms with van der Waals surface area (Å²) in [4.78, 5) is 57.4. The van der Waals surface area contributed by atoms with Gasteiger partial charge < -0.3 is 31.1 Å². The Hall–Kier alpha value is -4.77. The number of carbonyl (C=O) groups excluding carboxylic acids is 2. The second-order valence-electron chi connectivity index (χ2n) is 7.42. The average molecular weight is 602 g/mol. The quantitative estimate of drug-likeness (QED) is 0.0910. The van der Waals surface area contributed by atoms with Crippen LogP contribution >= 0.6 is 22.7 Å². The van der Waals surface area contributed by atoms with Crippen molar-refractivity contribution < 1.29 is 57.2 Å². The van der Waals surface area contributed by atoms with Crippen molar-refractivity contribution >= 4 is 58.3 Å². The minimum Gasteiger partial charge on any atom is -0.481 e. The van der Waals surface area contributed by atoms with E-state index < -0.39 is 48.4 Å². The molecule has 12 nitrogen and oxygen atoms in total. The number of rotatable bonds is 9. The number of carboxylic acids is 3. The normalized spacial score (nSPS) is 11.4. The summed E-state index contributed by atoms with van der Waals surface area (Å²) >= 11 is 2.23. The van der Waals surface area contributed by atoms with Gasteiger partial charge in [-0.15, -0.1) is 22.7 Å². The van der Waals surface area contributed by atoms with Gasteiger partial charge in [-0.3, -0.25) is 15.0 Å². The van der Waals surface area contributed by atoms with Crippen LogP contribution in [0.2, 0.25) is 0 Å². The number of carbonyl (C=O) groups is 5. The van der Waals surface area contributed by atoms with Crippen LogP contribution in [-0.2, 0) is 14.4 Å². The maximum Gasteiger partial charge on any atom is 0.490 e. The van der Waals surface area contributed by atoms with Gasteiger partial charge in [-0.1, -0.05) is 0 Å². The van der Waals surface area contributed by atoms with Crippen molar-refractivity contribution in [2.75, 3.05) is 0 Å². The highest BCUT2D eigenvalue weighted by atomic mass is 32.1. The number of nitrogens with one attached hydrogen (secondary N) is 2. The van der Waals surface area contributed by atoms with E-state index in [1.807, 2.05) is 0 Å². The summed E-state index contributed by atoms with van der Waals surface area (Å²) < 4.78 is 37.1. The van der Waals surface area contributed by atoms with E-state index in [4.69, 9.17) is 36.0 Å². The number of alkyl halides is 3. The summed E-state index contributed by atoms with van der Waals surface area (Å²) in [6.45, 7) is 0. The Morgan fingerprint density at radius 3 is 1.85 bits per heavy atom. The number of hydrogen-bond donors (Lipinski definition) is 6. The minimum atomic E-state index is -5.08. The highest BCUT2D eigenvalue weighted by molar-refractivity contribution is 7.23. The first-order valence-corrected chi connectivity index (χ1v) is 12.1. The Kier molecular flexibility index (Phi) is 10.5. The molecule has 17 heteroatoms. The van der Waals surface area contributed by atoms with Gasteiger partial charge in [0.1, 0.15) is 22.5 Å². The molecule has 7 N–H and O–H groups in total. The highest BCUT2D eigenvalue weighted by Crippen LogP contribution is 2.34. The van der Waals surface area contributed by atoms with Gasteiger partial charge in [-0.2, -0.15) is 13.2 Å². The number of amides is 1. The third-order valence-electron chi connectivity index (χ3n) is 4.48. The second kappa shape index (κ2) is 13.3. The molecule has 0 aliphatic carbocycles. The topological polar surface area (TPSA) is 217 Å². The predicted octanol–water partition coefficient (Wildman–Crippen LogP) is 3.27. The fourth-order valence-corrected chi connectivity index (χ4v) is 4.52. The lowest BCUT2D eigenvalue weighted by Gasteiger charge is -2.11. The zero-order valence-corrected chi connectivity index (χ0v) is 21.4. The molecule has 40 heavy (non-hydrogen) atoms. The smallest absolute Gasteiger partial charge is 0.481 e. The molecule has 1 amide bonds. The molecule has 2 heterocycles. The standard InChI is InChI=1S/C21H17N3O7S2.C2HF3O2/c22-18(23)10-1-3-11(4-2-10)31-21(30)16-8-6-14(33-16)13-5-7-15(32-13)19(27)24-12(20(28)29)9-17(25)26;3-2(4,5)1(6)7/h1-8,12H,9H2,(H3,22,23)(H,24,27)(H,25,26)(H,28,29);(H,6,7)/t12-;/m0./s1. The van der Waals surface area contributed by atoms with E-state index in [1.165, 1.54) is 18.2 Å². The molecule has 0 bridgehead atoms. The Labute approximate surface area is 229 Å². The van der Waals surface area contributed by atoms with Gasteiger partial charge in [0.05, 0.1) is 11.3 Å². The Balaban J connectivity index is 0.000000708. The largest absolute Gasteiger partial charge is 0.490 e. The van der Waals surface area contributed by atoms with Crippen LogP contribution < -0.4 is 15.8 Å². The Bertz CT molecular complexity index is 1430. The number of carboxylic acid groups (broad SMARTS) is 3. The molecule has 2 aromatic heterocycles. The van der Waals surface area contributed by atoms with Crippen molar-refractivity contribution in [1.82, 2.24) is 5.32 Å². The molecule has 0 aliphatic heterocycles. The van der Waals surface area contributed by atoms with Gasteiger partial charge in [-0.05, 0) is 48.5 Å². The Morgan fingerprint density at radius 2 is 1.40 bits per heavy atom. The SMILES string of the molecule is N=C(N)c1ccc(OC(=O)c2ccc(-c3ccc(C(=O)N[C@@H](CC(=O)O)C(=O)O)s3)s2)cc1.O=C(O)C(F)(F)F. The molecule has 1 atom stereocenters. The molecular formula is C23H18F3N3O9S2. The van der Waals surface area contributed by atoms with Gasteiger partial charge in [0, 0.05) is 15.3 Å². The number of esters is 1. The van der Waals surface area contributed by atoms with Crippen LogP contribution in [0.1, 0.15) is 31.3 Å². The van der Waals surface area contributed by atoms with Crippen molar-refractivity contribution in [2.24, 2.45) is 5.73 Å². The summed E-state index contributed by atoms with van der Waals surface area (Å²) in [5.74, 6) is -6.63. The lowest BCUT2D eigenvalue weighted by molar-refractivity contribution is -0.192. The van der Waals surface area contributed by atoms with Crippen LogP contribution in [0.4, 0.5) is 13.2 Å². The lowest BCUT2D eigenvalue weighted by atomic mass is 10.2. The zero-order valence-electron chi connectivity index (χ0n) is 19.7. The summed E-state index contributed by atoms with van der Waals surface area (Å²) in [5, 5.41) is 34.5. The van der Waals surface area contributed by atoms with E-state index in [1.54, 1.807) is 30.3 Å². The first-order chi connectivity index (χ1) is 18.6. The van der Waals surface area contributed by atoms with Gasteiger partial charge in [0.15, 0.2) is 0 Å². The molecule has 0 fully saturated rings. The van der Waals surface area contributed by atoms with Crippen LogP contribution in [0.25, 0.3) is 9.75 Å². The molecule has 3 aromatic rings. The predicted molar refractivity (Wildman–Crippen MR) is 135 cm³/mol. The van der Waals surface area contributed by atoms with E-state index in [2.05, 4.69) is 5.32 Å². The highest BCUT2D eigenvalue weighted by Gasteiger charge is 2.38. The maximum atomic E-state index is 12.4. The number of ether oxygens (including phenoxy) is 1. The van der Waals surface area contributed by atoms with Crippen molar-refractivity contribution in [3.63, 3.8) is 0 Å². The van der Waals surface area contributed by atoms with Crippen molar-refractivity contribution in [3.05, 3.63) is 63.8 Å². The first kappa shape index (κ1) is 31.4. The number of benzene rings is 1. The molecule has 1 aromatic carbocycles. The van der Waals surface area contributed by atoms with Gasteiger partial charge in [0.25, 0.3) is 5.91 Å². The molecule has 0 unspecified atom stereocenters. The van der Waals surface area contributed by atoms with E-state index in [-0.39, 0.29) is 10.7 Å². The summed E-state index contributed by atoms with van der Waals surface area (Å²) in [7, 11) is 0. The van der Waals surface area contributed by atoms with Gasteiger partial charge in [-0.25, -0.2) is 14.4 Å². The fraction of sp³-hybridized carbons (Fsp3) is 0.130. The number of aliphatic carboxylic acids is 3. The van der Waals surface area contributed by atoms with E-state index in [0.717, 1.165) is 22.7 Å². The molecule has 0 radical (unpaired) electrons. The number of hydrogen-bond acceptors (Lipinski definition) is 9. The third kappa shape index (κ3) is 9.21. The van der Waals surface area contributed by atoms with E-state index >= 15 is 0 Å². The molecule has 0 saturated carbocycles. The molecule has 3 rings (SSSR count). The van der Waals surface area contributed by atoms with Crippen LogP contribution in [-0.4, -0.2) is 63.2 Å². The van der Waals surface area contributed by atoms with Crippen LogP contribution in [0, 0.1) is 5.41 Å². The number of amidine groups is 1. The molecule has 0 saturated heterocycles. The molecule has 212 valence electrons. The van der Waals surface area contributed by atoms with Crippen LogP contribution in [0.5, 0.6) is 5.75 Å². The average Bonchev–Trinajstić information content (AvgIpc) is 3.53. The maximum absolute atomic E-state index is 12.4. The van der Waals surface area contributed by atoms with Crippen LogP contribution in [0.3, 0.4) is 0 Å². The van der Waals surface area contributed by atoms with Gasteiger partial charge in [0.2, 0.25) is 0 Å². The number of nitrogen functional groups attached to an aromatic ring is 1. The summed E-state index contributed by atoms with van der Waals surface area (Å²) in [6, 6.07) is 11.1. The van der Waals surface area contributed by atoms with Gasteiger partial charge >= 0.3 is 30.1 Å². The molecule has 0 spiro atoms. The monoisotopic (exact) mass is 601 g/mol. The fourth-order valence-electron chi connectivity index (χ4n) is 2.64. The second-order valence-corrected chi connectivity index (χ2v) is 9.59. The first-order valence-electron chi connectivity index (χ1n) is 10.5. The Morgan fingerprint density at radius 1 is 0.900 bits per heavy atom. The minimum absolute atomic E-state index is 0.0971. The number of nitrogens with two attached hydrogens (primary N) is 1. The van der Waals surface area contributed by atoms with Crippen molar-refractivity contribution in [1.29, 1.82) is 5.41 Å². The summed E-state index contributed by atoms with van der Waals surface area (Å²) in [6.07, 6.45) is -5.83. The third-order valence-corrected chi connectivity index (χ3v) is 6.83. The van der Waals surface area contributed by atoms with Crippen molar-refractivity contribution in [3.8, 4) is 15.5 Å². The number of halogens is 3. The molecular weight excluding hydrogens is 583 g/mol. The van der Waals surface area contributed by atoms with Crippen LogP contribution in [0.15, 0.2) is 48.5 Å². The van der Waals surface area contributed by atoms with E-state index in [0.29, 0.717) is 25.9 Å². The lowest BCUT2D eigenvalue weighted by Crippen LogP contribution is -2.41.